The van der Waals surface area contributed by atoms with E-state index >= 15 is 0 Å². The summed E-state index contributed by atoms with van der Waals surface area (Å²) in [5.74, 6) is 1.45. The zero-order chi connectivity index (χ0) is 15.2. The van der Waals surface area contributed by atoms with Crippen LogP contribution in [0.3, 0.4) is 0 Å². The normalized spacial score (nSPS) is 11.2. The van der Waals surface area contributed by atoms with E-state index < -0.39 is 4.92 Å². The zero-order valence-electron chi connectivity index (χ0n) is 12.1. The van der Waals surface area contributed by atoms with Crippen LogP contribution in [0.25, 0.3) is 0 Å². The number of hydrogen-bond acceptors (Lipinski definition) is 5. The second kappa shape index (κ2) is 7.38. The number of rotatable bonds is 8. The van der Waals surface area contributed by atoms with Crippen LogP contribution in [0.4, 0.5) is 5.69 Å². The molecule has 0 N–H and O–H groups in total. The molecule has 0 amide bonds. The summed E-state index contributed by atoms with van der Waals surface area (Å²) in [6.07, 6.45) is 1.82. The summed E-state index contributed by atoms with van der Waals surface area (Å²) in [7, 11) is 1.51. The molecule has 0 radical (unpaired) electrons. The largest absolute Gasteiger partial charge is 0.497 e. The molecular formula is C14H21NO4S. The fourth-order valence-electron chi connectivity index (χ4n) is 1.84. The first kappa shape index (κ1) is 16.6. The van der Waals surface area contributed by atoms with Crippen molar-refractivity contribution in [1.82, 2.24) is 0 Å². The standard InChI is InChI=1S/C14H21NO4S/c1-4-14(5-2,10-20)9-19-13-8-11(18-3)6-7-12(13)15(16)17/h6-8,20H,4-5,9-10H2,1-3H3. The summed E-state index contributed by atoms with van der Waals surface area (Å²) in [6, 6.07) is 4.50. The average Bonchev–Trinajstić information content (AvgIpc) is 2.48. The van der Waals surface area contributed by atoms with Crippen molar-refractivity contribution in [2.45, 2.75) is 26.7 Å². The van der Waals surface area contributed by atoms with Crippen LogP contribution in [-0.4, -0.2) is 24.4 Å². The number of ether oxygens (including phenoxy) is 2. The first-order chi connectivity index (χ1) is 9.51. The first-order valence-corrected chi connectivity index (χ1v) is 7.21. The number of nitro groups is 1. The molecule has 0 saturated carbocycles. The van der Waals surface area contributed by atoms with Crippen molar-refractivity contribution in [2.75, 3.05) is 19.5 Å². The molecular weight excluding hydrogens is 278 g/mol. The highest BCUT2D eigenvalue weighted by molar-refractivity contribution is 7.80. The quantitative estimate of drug-likeness (QED) is 0.451. The molecule has 20 heavy (non-hydrogen) atoms. The molecule has 0 atom stereocenters. The van der Waals surface area contributed by atoms with Gasteiger partial charge in [-0.1, -0.05) is 13.8 Å². The average molecular weight is 299 g/mol. The van der Waals surface area contributed by atoms with E-state index in [-0.39, 0.29) is 16.9 Å². The van der Waals surface area contributed by atoms with Crippen molar-refractivity contribution in [3.05, 3.63) is 28.3 Å². The molecule has 0 fully saturated rings. The van der Waals surface area contributed by atoms with Gasteiger partial charge in [-0.2, -0.15) is 12.6 Å². The predicted molar refractivity (Wildman–Crippen MR) is 82.0 cm³/mol. The Morgan fingerprint density at radius 3 is 2.45 bits per heavy atom. The Hall–Kier alpha value is -1.43. The van der Waals surface area contributed by atoms with E-state index in [0.29, 0.717) is 18.1 Å². The molecule has 5 nitrogen and oxygen atoms in total. The molecule has 112 valence electrons. The maximum atomic E-state index is 11.0. The van der Waals surface area contributed by atoms with Gasteiger partial charge in [0.25, 0.3) is 0 Å². The third-order valence-corrected chi connectivity index (χ3v) is 4.40. The molecule has 0 bridgehead atoms. The summed E-state index contributed by atoms with van der Waals surface area (Å²) in [6.45, 7) is 4.55. The van der Waals surface area contributed by atoms with E-state index in [1.165, 1.54) is 13.2 Å². The van der Waals surface area contributed by atoms with Crippen LogP contribution >= 0.6 is 12.6 Å². The van der Waals surface area contributed by atoms with Gasteiger partial charge in [0.15, 0.2) is 0 Å². The minimum atomic E-state index is -0.449. The third kappa shape index (κ3) is 3.79. The minimum Gasteiger partial charge on any atom is -0.497 e. The topological polar surface area (TPSA) is 61.6 Å². The number of methoxy groups -OCH3 is 1. The molecule has 1 aromatic rings. The van der Waals surface area contributed by atoms with Gasteiger partial charge in [-0.25, -0.2) is 0 Å². The Bertz CT molecular complexity index is 452. The van der Waals surface area contributed by atoms with Gasteiger partial charge in [0.2, 0.25) is 5.75 Å². The van der Waals surface area contributed by atoms with E-state index in [2.05, 4.69) is 26.5 Å². The van der Waals surface area contributed by atoms with Crippen LogP contribution in [0.5, 0.6) is 11.5 Å². The van der Waals surface area contributed by atoms with Crippen LogP contribution in [0.2, 0.25) is 0 Å². The lowest BCUT2D eigenvalue weighted by Gasteiger charge is -2.29. The number of hydrogen-bond donors (Lipinski definition) is 1. The predicted octanol–water partition coefficient (Wildman–Crippen LogP) is 3.72. The third-order valence-electron chi connectivity index (χ3n) is 3.73. The van der Waals surface area contributed by atoms with Crippen molar-refractivity contribution in [3.8, 4) is 11.5 Å². The van der Waals surface area contributed by atoms with Crippen LogP contribution in [0, 0.1) is 15.5 Å². The molecule has 0 aliphatic heterocycles. The fourth-order valence-corrected chi connectivity index (χ4v) is 2.38. The second-order valence-corrected chi connectivity index (χ2v) is 5.06. The van der Waals surface area contributed by atoms with Gasteiger partial charge in [0.05, 0.1) is 18.6 Å². The number of nitro benzene ring substituents is 1. The molecule has 0 spiro atoms. The first-order valence-electron chi connectivity index (χ1n) is 6.58. The summed E-state index contributed by atoms with van der Waals surface area (Å²) in [5.41, 5.74) is -0.119. The van der Waals surface area contributed by atoms with Gasteiger partial charge in [-0.3, -0.25) is 10.1 Å². The summed E-state index contributed by atoms with van der Waals surface area (Å²) < 4.78 is 10.8. The lowest BCUT2D eigenvalue weighted by Crippen LogP contribution is -2.29. The van der Waals surface area contributed by atoms with Crippen molar-refractivity contribution >= 4 is 18.3 Å². The monoisotopic (exact) mass is 299 g/mol. The van der Waals surface area contributed by atoms with Gasteiger partial charge >= 0.3 is 5.69 Å². The lowest BCUT2D eigenvalue weighted by molar-refractivity contribution is -0.386. The zero-order valence-corrected chi connectivity index (χ0v) is 13.0. The van der Waals surface area contributed by atoms with Gasteiger partial charge < -0.3 is 9.47 Å². The smallest absolute Gasteiger partial charge is 0.311 e. The fraction of sp³-hybridized carbons (Fsp3) is 0.571. The van der Waals surface area contributed by atoms with Crippen molar-refractivity contribution in [3.63, 3.8) is 0 Å². The molecule has 0 heterocycles. The molecule has 0 aromatic heterocycles. The second-order valence-electron chi connectivity index (χ2n) is 4.74. The van der Waals surface area contributed by atoms with Crippen molar-refractivity contribution in [2.24, 2.45) is 5.41 Å². The maximum absolute atomic E-state index is 11.0. The number of nitrogens with zero attached hydrogens (tertiary/aromatic N) is 1. The molecule has 1 aromatic carbocycles. The van der Waals surface area contributed by atoms with Gasteiger partial charge in [0.1, 0.15) is 5.75 Å². The van der Waals surface area contributed by atoms with E-state index in [1.54, 1.807) is 12.1 Å². The molecule has 0 aliphatic carbocycles. The maximum Gasteiger partial charge on any atom is 0.311 e. The Morgan fingerprint density at radius 2 is 2.00 bits per heavy atom. The summed E-state index contributed by atoms with van der Waals surface area (Å²) >= 11 is 4.37. The van der Waals surface area contributed by atoms with Crippen molar-refractivity contribution < 1.29 is 14.4 Å². The number of thiol groups is 1. The summed E-state index contributed by atoms with van der Waals surface area (Å²) in [5, 5.41) is 11.0. The highest BCUT2D eigenvalue weighted by atomic mass is 32.1. The molecule has 6 heteroatoms. The van der Waals surface area contributed by atoms with Crippen molar-refractivity contribution in [1.29, 1.82) is 0 Å². The molecule has 0 saturated heterocycles. The number of benzene rings is 1. The Labute approximate surface area is 124 Å². The van der Waals surface area contributed by atoms with Crippen LogP contribution in [0.15, 0.2) is 18.2 Å². The Kier molecular flexibility index (Phi) is 6.13. The SMILES string of the molecule is CCC(CC)(CS)COc1cc(OC)ccc1[N+](=O)[O-]. The van der Waals surface area contributed by atoms with Gasteiger partial charge in [-0.15, -0.1) is 0 Å². The van der Waals surface area contributed by atoms with Gasteiger partial charge in [0, 0.05) is 17.5 Å². The molecule has 0 aliphatic rings. The molecule has 0 unspecified atom stereocenters. The Morgan fingerprint density at radius 1 is 1.35 bits per heavy atom. The lowest BCUT2D eigenvalue weighted by atomic mass is 9.85. The highest BCUT2D eigenvalue weighted by Gasteiger charge is 2.27. The highest BCUT2D eigenvalue weighted by Crippen LogP contribution is 2.34. The Balaban J connectivity index is 2.98. The van der Waals surface area contributed by atoms with E-state index in [0.717, 1.165) is 12.8 Å². The van der Waals surface area contributed by atoms with E-state index in [9.17, 15) is 10.1 Å². The van der Waals surface area contributed by atoms with Crippen LogP contribution in [0.1, 0.15) is 26.7 Å². The van der Waals surface area contributed by atoms with Gasteiger partial charge in [-0.05, 0) is 24.7 Å². The summed E-state index contributed by atoms with van der Waals surface area (Å²) in [4.78, 5) is 10.6. The van der Waals surface area contributed by atoms with Crippen LogP contribution < -0.4 is 9.47 Å². The van der Waals surface area contributed by atoms with Crippen LogP contribution in [-0.2, 0) is 0 Å². The van der Waals surface area contributed by atoms with E-state index in [4.69, 9.17) is 9.47 Å². The minimum absolute atomic E-state index is 0.0499. The molecule has 1 rings (SSSR count). The van der Waals surface area contributed by atoms with E-state index in [1.807, 2.05) is 0 Å².